The average molecular weight is 291 g/mol. The summed E-state index contributed by atoms with van der Waals surface area (Å²) in [6.45, 7) is 1.82. The highest BCUT2D eigenvalue weighted by Crippen LogP contribution is 2.01. The molecule has 1 amide bonds. The van der Waals surface area contributed by atoms with Crippen LogP contribution in [0.1, 0.15) is 22.8 Å². The second-order valence-corrected chi connectivity index (χ2v) is 4.56. The van der Waals surface area contributed by atoms with Crippen molar-refractivity contribution < 1.29 is 4.79 Å². The highest BCUT2D eigenvalue weighted by atomic mass is 16.2. The van der Waals surface area contributed by atoms with Crippen molar-refractivity contribution in [2.24, 2.45) is 5.10 Å². The fourth-order valence-electron chi connectivity index (χ4n) is 1.67. The van der Waals surface area contributed by atoms with E-state index >= 15 is 0 Å². The van der Waals surface area contributed by atoms with Gasteiger partial charge in [0.25, 0.3) is 5.91 Å². The first kappa shape index (κ1) is 15.4. The van der Waals surface area contributed by atoms with Crippen LogP contribution in [-0.4, -0.2) is 16.6 Å². The van der Waals surface area contributed by atoms with Crippen molar-refractivity contribution in [2.45, 2.75) is 6.92 Å². The summed E-state index contributed by atoms with van der Waals surface area (Å²) in [5.74, 6) is -0.255. The van der Waals surface area contributed by atoms with Crippen LogP contribution in [0.3, 0.4) is 0 Å². The molecular weight excluding hydrogens is 274 g/mol. The lowest BCUT2D eigenvalue weighted by molar-refractivity contribution is 0.0954. The van der Waals surface area contributed by atoms with E-state index in [0.29, 0.717) is 11.3 Å². The Morgan fingerprint density at radius 1 is 1.09 bits per heavy atom. The van der Waals surface area contributed by atoms with E-state index in [0.717, 1.165) is 5.56 Å². The Kier molecular flexibility index (Phi) is 5.81. The van der Waals surface area contributed by atoms with Crippen LogP contribution in [-0.2, 0) is 0 Å². The molecule has 110 valence electrons. The van der Waals surface area contributed by atoms with Gasteiger partial charge in [-0.2, -0.15) is 5.10 Å². The molecular formula is C18H17N3O. The molecule has 1 heterocycles. The summed E-state index contributed by atoms with van der Waals surface area (Å²) in [5, 5.41) is 4.02. The first-order valence-corrected chi connectivity index (χ1v) is 6.90. The summed E-state index contributed by atoms with van der Waals surface area (Å²) < 4.78 is 0. The molecule has 1 aromatic heterocycles. The molecule has 22 heavy (non-hydrogen) atoms. The standard InChI is InChI=1S/C18H17N3O/c1-15(7-5-6-10-16-8-3-2-4-9-16)20-21-18(22)17-11-13-19-14-12-17/h2-14H,1H3,(H,21,22)/b7-5+,10-6+,20-15+. The smallest absolute Gasteiger partial charge is 0.267 e. The van der Waals surface area contributed by atoms with E-state index in [4.69, 9.17) is 0 Å². The molecule has 4 nitrogen and oxygen atoms in total. The van der Waals surface area contributed by atoms with Crippen molar-refractivity contribution in [3.05, 3.63) is 84.2 Å². The molecule has 4 heteroatoms. The number of hydrogen-bond donors (Lipinski definition) is 1. The van der Waals surface area contributed by atoms with Crippen LogP contribution in [0.15, 0.2) is 78.2 Å². The van der Waals surface area contributed by atoms with Crippen molar-refractivity contribution in [3.63, 3.8) is 0 Å². The number of nitrogens with zero attached hydrogens (tertiary/aromatic N) is 2. The lowest BCUT2D eigenvalue weighted by Gasteiger charge is -1.99. The fourth-order valence-corrected chi connectivity index (χ4v) is 1.67. The Hall–Kier alpha value is -3.01. The van der Waals surface area contributed by atoms with Crippen LogP contribution in [0, 0.1) is 0 Å². The van der Waals surface area contributed by atoms with E-state index in [-0.39, 0.29) is 5.91 Å². The number of benzene rings is 1. The van der Waals surface area contributed by atoms with Gasteiger partial charge in [0.05, 0.1) is 5.71 Å². The predicted octanol–water partition coefficient (Wildman–Crippen LogP) is 3.46. The molecule has 0 fully saturated rings. The van der Waals surface area contributed by atoms with E-state index in [2.05, 4.69) is 15.5 Å². The quantitative estimate of drug-likeness (QED) is 0.521. The van der Waals surface area contributed by atoms with Crippen LogP contribution in [0.25, 0.3) is 6.08 Å². The van der Waals surface area contributed by atoms with E-state index in [1.54, 1.807) is 24.5 Å². The predicted molar refractivity (Wildman–Crippen MR) is 89.4 cm³/mol. The zero-order valence-corrected chi connectivity index (χ0v) is 12.3. The summed E-state index contributed by atoms with van der Waals surface area (Å²) in [4.78, 5) is 15.6. The molecule has 1 N–H and O–H groups in total. The second-order valence-electron chi connectivity index (χ2n) is 4.56. The molecule has 0 spiro atoms. The normalized spacial score (nSPS) is 12.0. The lowest BCUT2D eigenvalue weighted by Crippen LogP contribution is -2.18. The van der Waals surface area contributed by atoms with E-state index < -0.39 is 0 Å². The number of hydrogen-bond acceptors (Lipinski definition) is 3. The van der Waals surface area contributed by atoms with E-state index in [1.807, 2.05) is 61.6 Å². The molecule has 0 bridgehead atoms. The maximum absolute atomic E-state index is 11.8. The molecule has 0 aliphatic heterocycles. The summed E-state index contributed by atoms with van der Waals surface area (Å²) in [5.41, 5.74) is 4.87. The van der Waals surface area contributed by atoms with Gasteiger partial charge in [-0.05, 0) is 30.7 Å². The van der Waals surface area contributed by atoms with Crippen LogP contribution in [0.5, 0.6) is 0 Å². The number of rotatable bonds is 5. The van der Waals surface area contributed by atoms with Crippen LogP contribution >= 0.6 is 0 Å². The van der Waals surface area contributed by atoms with Crippen molar-refractivity contribution in [2.75, 3.05) is 0 Å². The first-order valence-electron chi connectivity index (χ1n) is 6.90. The number of amides is 1. The molecule has 0 radical (unpaired) electrons. The first-order chi connectivity index (χ1) is 10.8. The molecule has 0 atom stereocenters. The number of allylic oxidation sites excluding steroid dienone is 3. The van der Waals surface area contributed by atoms with Gasteiger partial charge in [-0.1, -0.05) is 48.6 Å². The number of nitrogens with one attached hydrogen (secondary N) is 1. The lowest BCUT2D eigenvalue weighted by atomic mass is 10.2. The number of aromatic nitrogens is 1. The van der Waals surface area contributed by atoms with Gasteiger partial charge in [-0.3, -0.25) is 9.78 Å². The monoisotopic (exact) mass is 291 g/mol. The molecule has 1 aromatic carbocycles. The second kappa shape index (κ2) is 8.32. The van der Waals surface area contributed by atoms with Crippen molar-refractivity contribution in [1.82, 2.24) is 10.4 Å². The average Bonchev–Trinajstić information content (AvgIpc) is 2.58. The van der Waals surface area contributed by atoms with Gasteiger partial charge in [0.15, 0.2) is 0 Å². The van der Waals surface area contributed by atoms with Gasteiger partial charge >= 0.3 is 0 Å². The number of hydrazone groups is 1. The Morgan fingerprint density at radius 3 is 2.55 bits per heavy atom. The molecule has 0 unspecified atom stereocenters. The van der Waals surface area contributed by atoms with Crippen LogP contribution < -0.4 is 5.43 Å². The zero-order chi connectivity index (χ0) is 15.6. The SMILES string of the molecule is CC(/C=C/C=C/c1ccccc1)=N\NC(=O)c1ccncc1. The summed E-state index contributed by atoms with van der Waals surface area (Å²) >= 11 is 0. The van der Waals surface area contributed by atoms with Gasteiger partial charge in [-0.25, -0.2) is 5.43 Å². The number of carbonyl (C=O) groups is 1. The van der Waals surface area contributed by atoms with Crippen LogP contribution in [0.4, 0.5) is 0 Å². The Labute approximate surface area is 129 Å². The maximum atomic E-state index is 11.8. The zero-order valence-electron chi connectivity index (χ0n) is 12.3. The third-order valence-corrected chi connectivity index (χ3v) is 2.81. The topological polar surface area (TPSA) is 54.4 Å². The van der Waals surface area contributed by atoms with Gasteiger partial charge < -0.3 is 0 Å². The van der Waals surface area contributed by atoms with Gasteiger partial charge in [-0.15, -0.1) is 0 Å². The molecule has 2 aromatic rings. The van der Waals surface area contributed by atoms with Gasteiger partial charge in [0, 0.05) is 18.0 Å². The van der Waals surface area contributed by atoms with Crippen molar-refractivity contribution in [1.29, 1.82) is 0 Å². The summed E-state index contributed by atoms with van der Waals surface area (Å²) in [6.07, 6.45) is 10.8. The molecule has 0 saturated heterocycles. The van der Waals surface area contributed by atoms with Gasteiger partial charge in [0.1, 0.15) is 0 Å². The largest absolute Gasteiger partial charge is 0.271 e. The van der Waals surface area contributed by atoms with Crippen LogP contribution in [0.2, 0.25) is 0 Å². The molecule has 2 rings (SSSR count). The number of carbonyl (C=O) groups excluding carboxylic acids is 1. The minimum atomic E-state index is -0.255. The Balaban J connectivity index is 1.86. The molecule has 0 saturated carbocycles. The third-order valence-electron chi connectivity index (χ3n) is 2.81. The van der Waals surface area contributed by atoms with Crippen molar-refractivity contribution in [3.8, 4) is 0 Å². The summed E-state index contributed by atoms with van der Waals surface area (Å²) in [6, 6.07) is 13.3. The van der Waals surface area contributed by atoms with E-state index in [1.165, 1.54) is 0 Å². The van der Waals surface area contributed by atoms with Gasteiger partial charge in [0.2, 0.25) is 0 Å². The molecule has 0 aliphatic carbocycles. The minimum Gasteiger partial charge on any atom is -0.267 e. The molecule has 0 aliphatic rings. The Morgan fingerprint density at radius 2 is 1.82 bits per heavy atom. The third kappa shape index (κ3) is 5.17. The highest BCUT2D eigenvalue weighted by Gasteiger charge is 2.01. The summed E-state index contributed by atoms with van der Waals surface area (Å²) in [7, 11) is 0. The number of pyridine rings is 1. The maximum Gasteiger partial charge on any atom is 0.271 e. The highest BCUT2D eigenvalue weighted by molar-refractivity contribution is 5.97. The van der Waals surface area contributed by atoms with E-state index in [9.17, 15) is 4.79 Å². The Bertz CT molecular complexity index is 689. The van der Waals surface area contributed by atoms with Crippen molar-refractivity contribution >= 4 is 17.7 Å². The minimum absolute atomic E-state index is 0.255. The fraction of sp³-hybridized carbons (Fsp3) is 0.0556.